The molecule has 0 aromatic heterocycles. The minimum absolute atomic E-state index is 0.0227. The molecule has 0 radical (unpaired) electrons. The minimum atomic E-state index is -1.60. The van der Waals surface area contributed by atoms with Crippen molar-refractivity contribution >= 4 is 28.4 Å². The van der Waals surface area contributed by atoms with Crippen LogP contribution in [0.4, 0.5) is 4.79 Å². The molecule has 152 valence electrons. The van der Waals surface area contributed by atoms with Crippen molar-refractivity contribution < 1.29 is 18.5 Å². The van der Waals surface area contributed by atoms with Crippen LogP contribution in [0.25, 0.3) is 0 Å². The first-order chi connectivity index (χ1) is 13.6. The average molecular weight is 412 g/mol. The Morgan fingerprint density at radius 3 is 2.34 bits per heavy atom. The van der Waals surface area contributed by atoms with Crippen molar-refractivity contribution in [3.63, 3.8) is 0 Å². The van der Waals surface area contributed by atoms with Crippen molar-refractivity contribution in [3.05, 3.63) is 53.0 Å². The predicted molar refractivity (Wildman–Crippen MR) is 112 cm³/mol. The van der Waals surface area contributed by atoms with Crippen LogP contribution in [0.1, 0.15) is 32.8 Å². The number of allylic oxidation sites excluding steroid dienone is 4. The van der Waals surface area contributed by atoms with Gasteiger partial charge in [0.05, 0.1) is 21.4 Å². The van der Waals surface area contributed by atoms with Crippen LogP contribution < -0.4 is 0 Å². The summed E-state index contributed by atoms with van der Waals surface area (Å²) in [6.45, 7) is 7.29. The van der Waals surface area contributed by atoms with Crippen LogP contribution in [0, 0.1) is 30.6 Å². The largest absolute Gasteiger partial charge is 0.442 e. The average Bonchev–Trinajstić information content (AvgIpc) is 3.24. The molecule has 5 atom stereocenters. The lowest BCUT2D eigenvalue weighted by atomic mass is 9.74. The summed E-state index contributed by atoms with van der Waals surface area (Å²) in [4.78, 5) is 30.6. The Morgan fingerprint density at radius 1 is 1.10 bits per heavy atom. The van der Waals surface area contributed by atoms with Gasteiger partial charge in [-0.2, -0.15) is 4.99 Å². The fraction of sp³-hybridized carbons (Fsp3) is 0.435. The topological polar surface area (TPSA) is 72.8 Å². The van der Waals surface area contributed by atoms with E-state index >= 15 is 0 Å². The molecule has 3 aliphatic rings. The van der Waals surface area contributed by atoms with Gasteiger partial charge in [0.2, 0.25) is 0 Å². The van der Waals surface area contributed by atoms with Crippen LogP contribution in [-0.2, 0) is 20.3 Å². The van der Waals surface area contributed by atoms with Crippen LogP contribution in [0.2, 0.25) is 0 Å². The van der Waals surface area contributed by atoms with E-state index in [4.69, 9.17) is 4.74 Å². The van der Waals surface area contributed by atoms with Gasteiger partial charge in [-0.1, -0.05) is 29.8 Å². The zero-order chi connectivity index (χ0) is 20.9. The molecule has 1 aromatic carbocycles. The van der Waals surface area contributed by atoms with Crippen molar-refractivity contribution in [2.75, 3.05) is 0 Å². The molecule has 1 aromatic rings. The Kier molecular flexibility index (Phi) is 4.93. The number of fused-ring (bicyclic) bond motifs is 5. The molecule has 0 spiro atoms. The van der Waals surface area contributed by atoms with Gasteiger partial charge in [-0.3, -0.25) is 4.79 Å². The summed E-state index contributed by atoms with van der Waals surface area (Å²) in [7, 11) is -1.60. The van der Waals surface area contributed by atoms with Gasteiger partial charge in [0.1, 0.15) is 5.60 Å². The first-order valence-corrected chi connectivity index (χ1v) is 11.0. The monoisotopic (exact) mass is 411 g/mol. The van der Waals surface area contributed by atoms with E-state index in [0.717, 1.165) is 12.0 Å². The number of carbonyl (C=O) groups is 2. The molecule has 0 aliphatic heterocycles. The van der Waals surface area contributed by atoms with E-state index < -0.39 is 22.5 Å². The lowest BCUT2D eigenvalue weighted by Crippen LogP contribution is -2.39. The van der Waals surface area contributed by atoms with E-state index in [1.807, 2.05) is 19.1 Å². The number of aryl methyl sites for hydroxylation is 1. The molecule has 1 saturated carbocycles. The van der Waals surface area contributed by atoms with E-state index in [-0.39, 0.29) is 29.5 Å². The second-order valence-electron chi connectivity index (χ2n) is 8.97. The number of ether oxygens (including phenoxy) is 1. The van der Waals surface area contributed by atoms with Crippen molar-refractivity contribution in [2.45, 2.75) is 44.6 Å². The van der Waals surface area contributed by atoms with E-state index in [2.05, 4.69) is 17.1 Å². The standard InChI is InChI=1S/C23H25NO4S/c1-13-5-9-16(10-6-13)29(27)18-12-17(25)19-14-7-8-15(11-14)20(19)21(18)24-22(26)28-23(2,3)4/h5-10,12,14-15,19-20H,11H2,1-4H3/b24-21-/t14-,15+,19+,20+,29?/m1/s1. The van der Waals surface area contributed by atoms with Crippen LogP contribution >= 0.6 is 0 Å². The molecule has 5 nitrogen and oxygen atoms in total. The molecule has 1 fully saturated rings. The van der Waals surface area contributed by atoms with Crippen LogP contribution in [0.5, 0.6) is 0 Å². The predicted octanol–water partition coefficient (Wildman–Crippen LogP) is 4.38. The number of nitrogens with zero attached hydrogens (tertiary/aromatic N) is 1. The van der Waals surface area contributed by atoms with Gasteiger partial charge >= 0.3 is 6.09 Å². The van der Waals surface area contributed by atoms with Crippen molar-refractivity contribution in [2.24, 2.45) is 28.7 Å². The number of hydrogen-bond donors (Lipinski definition) is 0. The van der Waals surface area contributed by atoms with Crippen molar-refractivity contribution in [1.29, 1.82) is 0 Å². The third-order valence-corrected chi connectivity index (χ3v) is 7.10. The highest BCUT2D eigenvalue weighted by Crippen LogP contribution is 2.52. The maximum Gasteiger partial charge on any atom is 0.434 e. The molecule has 0 N–H and O–H groups in total. The van der Waals surface area contributed by atoms with Gasteiger partial charge in [0, 0.05) is 16.7 Å². The number of ketones is 1. The molecule has 3 aliphatic carbocycles. The van der Waals surface area contributed by atoms with Gasteiger partial charge in [-0.25, -0.2) is 9.00 Å². The Morgan fingerprint density at radius 2 is 1.72 bits per heavy atom. The highest BCUT2D eigenvalue weighted by atomic mass is 32.2. The van der Waals surface area contributed by atoms with Crippen molar-refractivity contribution in [1.82, 2.24) is 0 Å². The van der Waals surface area contributed by atoms with Gasteiger partial charge in [0.15, 0.2) is 5.78 Å². The van der Waals surface area contributed by atoms with Crippen LogP contribution in [0.3, 0.4) is 0 Å². The number of amides is 1. The third kappa shape index (κ3) is 3.78. The molecular formula is C23H25NO4S. The van der Waals surface area contributed by atoms with E-state index in [1.54, 1.807) is 32.9 Å². The second kappa shape index (κ2) is 7.17. The highest BCUT2D eigenvalue weighted by Gasteiger charge is 2.53. The van der Waals surface area contributed by atoms with Crippen molar-refractivity contribution in [3.8, 4) is 0 Å². The van der Waals surface area contributed by atoms with E-state index in [0.29, 0.717) is 15.5 Å². The zero-order valence-corrected chi connectivity index (χ0v) is 17.9. The number of aliphatic imine (C=N–C) groups is 1. The number of carbonyl (C=O) groups excluding carboxylic acids is 2. The molecule has 0 saturated heterocycles. The van der Waals surface area contributed by atoms with Gasteiger partial charge in [-0.15, -0.1) is 0 Å². The normalized spacial score (nSPS) is 30.3. The first kappa shape index (κ1) is 20.0. The SMILES string of the molecule is Cc1ccc(S(=O)C2=CC(=O)[C@H]3[C@@H](/C2=N\C(=O)OC(C)(C)C)[C@H]2C=C[C@@H]3C2)cc1. The number of rotatable bonds is 2. The molecule has 1 amide bonds. The highest BCUT2D eigenvalue weighted by molar-refractivity contribution is 7.90. The lowest BCUT2D eigenvalue weighted by molar-refractivity contribution is -0.119. The summed E-state index contributed by atoms with van der Waals surface area (Å²) in [6.07, 6.45) is 5.78. The molecule has 1 unspecified atom stereocenters. The first-order valence-electron chi connectivity index (χ1n) is 9.88. The zero-order valence-electron chi connectivity index (χ0n) is 17.0. The fourth-order valence-corrected chi connectivity index (χ4v) is 5.73. The Hall–Kier alpha value is -2.34. The summed E-state index contributed by atoms with van der Waals surface area (Å²) in [5.41, 5.74) is 0.819. The fourth-order valence-electron chi connectivity index (χ4n) is 4.50. The Bertz CT molecular complexity index is 981. The van der Waals surface area contributed by atoms with E-state index in [1.165, 1.54) is 6.08 Å². The summed E-state index contributed by atoms with van der Waals surface area (Å²) in [5, 5.41) is 0. The van der Waals surface area contributed by atoms with Gasteiger partial charge in [-0.05, 0) is 64.2 Å². The molecule has 4 rings (SSSR count). The lowest BCUT2D eigenvalue weighted by Gasteiger charge is -2.32. The minimum Gasteiger partial charge on any atom is -0.442 e. The number of hydrogen-bond acceptors (Lipinski definition) is 4. The summed E-state index contributed by atoms with van der Waals surface area (Å²) >= 11 is 0. The molecule has 0 heterocycles. The molecule has 29 heavy (non-hydrogen) atoms. The summed E-state index contributed by atoms with van der Waals surface area (Å²) < 4.78 is 18.8. The molecular weight excluding hydrogens is 386 g/mol. The van der Waals surface area contributed by atoms with Crippen LogP contribution in [-0.4, -0.2) is 27.4 Å². The molecule has 2 bridgehead atoms. The Labute approximate surface area is 173 Å². The van der Waals surface area contributed by atoms with E-state index in [9.17, 15) is 13.8 Å². The van der Waals surface area contributed by atoms with Gasteiger partial charge in [0.25, 0.3) is 0 Å². The maximum absolute atomic E-state index is 13.4. The maximum atomic E-state index is 13.4. The quantitative estimate of drug-likeness (QED) is 0.677. The van der Waals surface area contributed by atoms with Crippen LogP contribution in [0.15, 0.2) is 57.3 Å². The summed E-state index contributed by atoms with van der Waals surface area (Å²) in [5.74, 6) is -0.185. The second-order valence-corrected chi connectivity index (χ2v) is 10.4. The summed E-state index contributed by atoms with van der Waals surface area (Å²) in [6, 6.07) is 7.34. The third-order valence-electron chi connectivity index (χ3n) is 5.67. The van der Waals surface area contributed by atoms with Gasteiger partial charge < -0.3 is 4.74 Å². The number of benzene rings is 1. The Balaban J connectivity index is 1.77. The smallest absolute Gasteiger partial charge is 0.434 e. The molecule has 6 heteroatoms.